The van der Waals surface area contributed by atoms with Gasteiger partial charge in [0.2, 0.25) is 0 Å². The van der Waals surface area contributed by atoms with Crippen LogP contribution in [0.4, 0.5) is 5.82 Å². The summed E-state index contributed by atoms with van der Waals surface area (Å²) in [7, 11) is 1.80. The molecule has 0 atom stereocenters. The Morgan fingerprint density at radius 1 is 1.29 bits per heavy atom. The number of rotatable bonds is 4. The topological polar surface area (TPSA) is 59.2 Å². The summed E-state index contributed by atoms with van der Waals surface area (Å²) in [4.78, 5) is 18.4. The Kier molecular flexibility index (Phi) is 4.58. The molecule has 0 aliphatic rings. The van der Waals surface area contributed by atoms with Gasteiger partial charge in [-0.05, 0) is 31.0 Å². The number of benzene rings is 1. The maximum Gasteiger partial charge on any atom is 0.254 e. The minimum absolute atomic E-state index is 0.0414. The summed E-state index contributed by atoms with van der Waals surface area (Å²) >= 11 is 0. The summed E-state index contributed by atoms with van der Waals surface area (Å²) in [6, 6.07) is 11.6. The lowest BCUT2D eigenvalue weighted by Crippen LogP contribution is -2.26. The predicted octanol–water partition coefficient (Wildman–Crippen LogP) is 2.81. The molecule has 0 fully saturated rings. The van der Waals surface area contributed by atoms with Crippen LogP contribution in [0.1, 0.15) is 34.1 Å². The molecule has 1 aromatic carbocycles. The molecule has 0 aliphatic carbocycles. The number of aromatic nitrogens is 1. The number of nitrogens with zero attached hydrogens (tertiary/aromatic N) is 2. The number of pyridine rings is 1. The van der Waals surface area contributed by atoms with Gasteiger partial charge in [-0.1, -0.05) is 36.8 Å². The van der Waals surface area contributed by atoms with Crippen molar-refractivity contribution in [1.29, 1.82) is 0 Å². The number of aryl methyl sites for hydroxylation is 2. The molecular formula is C17H21N3O. The van der Waals surface area contributed by atoms with E-state index in [1.807, 2.05) is 38.1 Å². The molecule has 1 aromatic heterocycles. The summed E-state index contributed by atoms with van der Waals surface area (Å²) in [5, 5.41) is 0. The highest BCUT2D eigenvalue weighted by atomic mass is 16.2. The highest BCUT2D eigenvalue weighted by molar-refractivity contribution is 5.94. The maximum absolute atomic E-state index is 12.5. The van der Waals surface area contributed by atoms with Gasteiger partial charge < -0.3 is 10.6 Å². The molecule has 2 aromatic rings. The van der Waals surface area contributed by atoms with Crippen LogP contribution in [0, 0.1) is 6.92 Å². The van der Waals surface area contributed by atoms with Gasteiger partial charge in [-0.3, -0.25) is 4.79 Å². The molecule has 2 N–H and O–H groups in total. The molecule has 0 bridgehead atoms. The zero-order valence-corrected chi connectivity index (χ0v) is 12.8. The minimum Gasteiger partial charge on any atom is -0.384 e. The number of carbonyl (C=O) groups is 1. The lowest BCUT2D eigenvalue weighted by Gasteiger charge is -2.18. The third-order valence-corrected chi connectivity index (χ3v) is 3.36. The SMILES string of the molecule is CCc1cc(C(=O)N(C)Cc2cccc(C)c2)cc(N)n1. The standard InChI is InChI=1S/C17H21N3O/c1-4-15-9-14(10-16(18)19-15)17(21)20(3)11-13-7-5-6-12(2)8-13/h5-10H,4,11H2,1-3H3,(H2,18,19). The highest BCUT2D eigenvalue weighted by Gasteiger charge is 2.14. The van der Waals surface area contributed by atoms with Crippen LogP contribution in [0.2, 0.25) is 0 Å². The molecule has 1 amide bonds. The number of carbonyl (C=O) groups excluding carboxylic acids is 1. The van der Waals surface area contributed by atoms with Gasteiger partial charge in [-0.2, -0.15) is 0 Å². The van der Waals surface area contributed by atoms with E-state index in [-0.39, 0.29) is 5.91 Å². The number of nitrogen functional groups attached to an aromatic ring is 1. The second kappa shape index (κ2) is 6.39. The minimum atomic E-state index is -0.0414. The maximum atomic E-state index is 12.5. The first-order chi connectivity index (χ1) is 9.99. The van der Waals surface area contributed by atoms with E-state index in [0.29, 0.717) is 17.9 Å². The molecule has 0 saturated carbocycles. The van der Waals surface area contributed by atoms with Crippen LogP contribution in [-0.2, 0) is 13.0 Å². The van der Waals surface area contributed by atoms with Crippen molar-refractivity contribution >= 4 is 11.7 Å². The van der Waals surface area contributed by atoms with Gasteiger partial charge in [-0.25, -0.2) is 4.98 Å². The average molecular weight is 283 g/mol. The van der Waals surface area contributed by atoms with E-state index in [1.165, 1.54) is 5.56 Å². The largest absolute Gasteiger partial charge is 0.384 e. The Morgan fingerprint density at radius 3 is 2.71 bits per heavy atom. The zero-order chi connectivity index (χ0) is 15.4. The molecular weight excluding hydrogens is 262 g/mol. The number of nitrogens with two attached hydrogens (primary N) is 1. The quantitative estimate of drug-likeness (QED) is 0.938. The third kappa shape index (κ3) is 3.81. The molecule has 2 rings (SSSR count). The molecule has 0 spiro atoms. The van der Waals surface area contributed by atoms with Gasteiger partial charge in [0.1, 0.15) is 5.82 Å². The summed E-state index contributed by atoms with van der Waals surface area (Å²) in [5.74, 6) is 0.349. The van der Waals surface area contributed by atoms with Crippen LogP contribution in [0.3, 0.4) is 0 Å². The first kappa shape index (κ1) is 15.0. The van der Waals surface area contributed by atoms with E-state index >= 15 is 0 Å². The lowest BCUT2D eigenvalue weighted by molar-refractivity contribution is 0.0785. The fourth-order valence-corrected chi connectivity index (χ4v) is 2.29. The number of hydrogen-bond donors (Lipinski definition) is 1. The van der Waals surface area contributed by atoms with Gasteiger partial charge in [0.05, 0.1) is 0 Å². The normalized spacial score (nSPS) is 10.4. The summed E-state index contributed by atoms with van der Waals surface area (Å²) in [6.07, 6.45) is 0.757. The molecule has 21 heavy (non-hydrogen) atoms. The third-order valence-electron chi connectivity index (χ3n) is 3.36. The van der Waals surface area contributed by atoms with Crippen LogP contribution in [0.15, 0.2) is 36.4 Å². The van der Waals surface area contributed by atoms with Crippen LogP contribution >= 0.6 is 0 Å². The number of anilines is 1. The van der Waals surface area contributed by atoms with Crippen molar-refractivity contribution in [1.82, 2.24) is 9.88 Å². The van der Waals surface area contributed by atoms with Gasteiger partial charge in [0, 0.05) is 24.8 Å². The Morgan fingerprint density at radius 2 is 2.05 bits per heavy atom. The van der Waals surface area contributed by atoms with Crippen molar-refractivity contribution < 1.29 is 4.79 Å². The van der Waals surface area contributed by atoms with Crippen LogP contribution in [0.25, 0.3) is 0 Å². The number of amides is 1. The van der Waals surface area contributed by atoms with Crippen molar-refractivity contribution in [3.8, 4) is 0 Å². The lowest BCUT2D eigenvalue weighted by atomic mass is 10.1. The summed E-state index contributed by atoms with van der Waals surface area (Å²) in [6.45, 7) is 4.61. The van der Waals surface area contributed by atoms with Gasteiger partial charge >= 0.3 is 0 Å². The van der Waals surface area contributed by atoms with E-state index in [1.54, 1.807) is 18.0 Å². The smallest absolute Gasteiger partial charge is 0.254 e. The van der Waals surface area contributed by atoms with Crippen LogP contribution < -0.4 is 5.73 Å². The zero-order valence-electron chi connectivity index (χ0n) is 12.8. The fourth-order valence-electron chi connectivity index (χ4n) is 2.29. The summed E-state index contributed by atoms with van der Waals surface area (Å²) < 4.78 is 0. The molecule has 0 radical (unpaired) electrons. The van der Waals surface area contributed by atoms with E-state index < -0.39 is 0 Å². The van der Waals surface area contributed by atoms with Gasteiger partial charge in [-0.15, -0.1) is 0 Å². The highest BCUT2D eigenvalue weighted by Crippen LogP contribution is 2.13. The fraction of sp³-hybridized carbons (Fsp3) is 0.294. The van der Waals surface area contributed by atoms with Crippen molar-refractivity contribution in [3.05, 3.63) is 58.8 Å². The van der Waals surface area contributed by atoms with Crippen molar-refractivity contribution in [2.75, 3.05) is 12.8 Å². The van der Waals surface area contributed by atoms with Crippen molar-refractivity contribution in [2.24, 2.45) is 0 Å². The monoisotopic (exact) mass is 283 g/mol. The van der Waals surface area contributed by atoms with Crippen LogP contribution in [0.5, 0.6) is 0 Å². The second-order valence-corrected chi connectivity index (χ2v) is 5.28. The Balaban J connectivity index is 2.17. The number of hydrogen-bond acceptors (Lipinski definition) is 3. The predicted molar refractivity (Wildman–Crippen MR) is 85.0 cm³/mol. The Hall–Kier alpha value is -2.36. The second-order valence-electron chi connectivity index (χ2n) is 5.28. The molecule has 4 heteroatoms. The molecule has 1 heterocycles. The van der Waals surface area contributed by atoms with E-state index in [9.17, 15) is 4.79 Å². The van der Waals surface area contributed by atoms with Crippen molar-refractivity contribution in [2.45, 2.75) is 26.8 Å². The molecule has 110 valence electrons. The Labute approximate surface area is 125 Å². The first-order valence-corrected chi connectivity index (χ1v) is 7.07. The molecule has 0 aliphatic heterocycles. The van der Waals surface area contributed by atoms with Gasteiger partial charge in [0.25, 0.3) is 5.91 Å². The van der Waals surface area contributed by atoms with Crippen molar-refractivity contribution in [3.63, 3.8) is 0 Å². The molecule has 0 saturated heterocycles. The summed E-state index contributed by atoms with van der Waals surface area (Å²) in [5.41, 5.74) is 9.50. The van der Waals surface area contributed by atoms with E-state index in [2.05, 4.69) is 11.1 Å². The first-order valence-electron chi connectivity index (χ1n) is 7.07. The molecule has 4 nitrogen and oxygen atoms in total. The van der Waals surface area contributed by atoms with Crippen LogP contribution in [-0.4, -0.2) is 22.8 Å². The van der Waals surface area contributed by atoms with E-state index in [0.717, 1.165) is 17.7 Å². The Bertz CT molecular complexity index is 652. The van der Waals surface area contributed by atoms with Gasteiger partial charge in [0.15, 0.2) is 0 Å². The molecule has 0 unspecified atom stereocenters. The average Bonchev–Trinajstić information content (AvgIpc) is 2.45. The van der Waals surface area contributed by atoms with E-state index in [4.69, 9.17) is 5.73 Å².